The van der Waals surface area contributed by atoms with Gasteiger partial charge in [0.1, 0.15) is 16.6 Å². The number of aryl methyl sites for hydroxylation is 2. The zero-order valence-electron chi connectivity index (χ0n) is 9.50. The summed E-state index contributed by atoms with van der Waals surface area (Å²) in [6.45, 7) is 3.79. The van der Waals surface area contributed by atoms with Gasteiger partial charge in [0.05, 0.1) is 11.7 Å². The molecule has 0 amide bonds. The minimum atomic E-state index is -0.719. The smallest absolute Gasteiger partial charge is 0.128 e. The van der Waals surface area contributed by atoms with Crippen molar-refractivity contribution < 1.29 is 8.78 Å². The SMILES string of the molecule is Cc1nc(C(N)c2cc(F)ccc2F)sc1C. The largest absolute Gasteiger partial charge is 0.318 e. The lowest BCUT2D eigenvalue weighted by atomic mass is 10.1. The minimum Gasteiger partial charge on any atom is -0.318 e. The lowest BCUT2D eigenvalue weighted by Gasteiger charge is -2.09. The number of thiazole rings is 1. The van der Waals surface area contributed by atoms with Gasteiger partial charge in [0.2, 0.25) is 0 Å². The van der Waals surface area contributed by atoms with Crippen molar-refractivity contribution >= 4 is 11.3 Å². The summed E-state index contributed by atoms with van der Waals surface area (Å²) in [6.07, 6.45) is 0. The van der Waals surface area contributed by atoms with Crippen molar-refractivity contribution in [1.82, 2.24) is 4.98 Å². The lowest BCUT2D eigenvalue weighted by molar-refractivity contribution is 0.576. The third kappa shape index (κ3) is 2.35. The molecule has 5 heteroatoms. The molecule has 1 aromatic heterocycles. The second kappa shape index (κ2) is 4.50. The Kier molecular flexibility index (Phi) is 3.22. The van der Waals surface area contributed by atoms with Gasteiger partial charge in [-0.25, -0.2) is 13.8 Å². The van der Waals surface area contributed by atoms with Gasteiger partial charge in [-0.3, -0.25) is 0 Å². The van der Waals surface area contributed by atoms with Crippen molar-refractivity contribution in [3.8, 4) is 0 Å². The van der Waals surface area contributed by atoms with E-state index in [0.717, 1.165) is 28.8 Å². The summed E-state index contributed by atoms with van der Waals surface area (Å²) in [5.41, 5.74) is 6.92. The molecule has 1 aromatic carbocycles. The molecule has 2 rings (SSSR count). The van der Waals surface area contributed by atoms with Gasteiger partial charge in [-0.15, -0.1) is 11.3 Å². The number of hydrogen-bond acceptors (Lipinski definition) is 3. The maximum Gasteiger partial charge on any atom is 0.128 e. The first kappa shape index (κ1) is 12.1. The van der Waals surface area contributed by atoms with E-state index in [1.54, 1.807) is 0 Å². The van der Waals surface area contributed by atoms with Gasteiger partial charge in [0, 0.05) is 10.4 Å². The molecule has 0 aliphatic rings. The van der Waals surface area contributed by atoms with Crippen LogP contribution in [0.5, 0.6) is 0 Å². The minimum absolute atomic E-state index is 0.138. The highest BCUT2D eigenvalue weighted by Gasteiger charge is 2.18. The number of hydrogen-bond donors (Lipinski definition) is 1. The van der Waals surface area contributed by atoms with E-state index in [9.17, 15) is 8.78 Å². The standard InChI is InChI=1S/C12H12F2N2S/c1-6-7(2)17-12(16-6)11(15)9-5-8(13)3-4-10(9)14/h3-5,11H,15H2,1-2H3. The topological polar surface area (TPSA) is 38.9 Å². The van der Waals surface area contributed by atoms with E-state index < -0.39 is 17.7 Å². The van der Waals surface area contributed by atoms with Crippen LogP contribution in [0.1, 0.15) is 27.2 Å². The quantitative estimate of drug-likeness (QED) is 0.894. The van der Waals surface area contributed by atoms with Crippen LogP contribution in [0.3, 0.4) is 0 Å². The molecule has 0 saturated carbocycles. The molecule has 2 nitrogen and oxygen atoms in total. The van der Waals surface area contributed by atoms with Gasteiger partial charge >= 0.3 is 0 Å². The van der Waals surface area contributed by atoms with E-state index >= 15 is 0 Å². The number of nitrogens with two attached hydrogens (primary N) is 1. The van der Waals surface area contributed by atoms with Crippen LogP contribution in [0.15, 0.2) is 18.2 Å². The maximum absolute atomic E-state index is 13.5. The molecule has 90 valence electrons. The zero-order chi connectivity index (χ0) is 12.6. The van der Waals surface area contributed by atoms with Crippen LogP contribution in [0.4, 0.5) is 8.78 Å². The number of benzene rings is 1. The predicted molar refractivity (Wildman–Crippen MR) is 64.0 cm³/mol. The number of halogens is 2. The molecule has 0 fully saturated rings. The third-order valence-corrected chi connectivity index (χ3v) is 3.76. The molecule has 0 radical (unpaired) electrons. The van der Waals surface area contributed by atoms with Gasteiger partial charge in [-0.05, 0) is 32.0 Å². The molecule has 0 aliphatic carbocycles. The van der Waals surface area contributed by atoms with Crippen molar-refractivity contribution in [3.63, 3.8) is 0 Å². The molecular formula is C12H12F2N2S. The Bertz CT molecular complexity index is 532. The summed E-state index contributed by atoms with van der Waals surface area (Å²) >= 11 is 1.41. The van der Waals surface area contributed by atoms with Crippen LogP contribution in [0.2, 0.25) is 0 Å². The van der Waals surface area contributed by atoms with Crippen molar-refractivity contribution in [2.24, 2.45) is 5.73 Å². The Balaban J connectivity index is 2.42. The molecular weight excluding hydrogens is 242 g/mol. The molecule has 2 aromatic rings. The normalized spacial score (nSPS) is 12.8. The molecule has 0 spiro atoms. The van der Waals surface area contributed by atoms with Crippen molar-refractivity contribution in [2.45, 2.75) is 19.9 Å². The zero-order valence-corrected chi connectivity index (χ0v) is 10.3. The Labute approximate surface area is 102 Å². The molecule has 2 N–H and O–H groups in total. The van der Waals surface area contributed by atoms with Gasteiger partial charge in [-0.2, -0.15) is 0 Å². The van der Waals surface area contributed by atoms with Crippen LogP contribution in [0.25, 0.3) is 0 Å². The van der Waals surface area contributed by atoms with Gasteiger partial charge in [0.25, 0.3) is 0 Å². The van der Waals surface area contributed by atoms with Gasteiger partial charge in [-0.1, -0.05) is 0 Å². The fraction of sp³-hybridized carbons (Fsp3) is 0.250. The second-order valence-corrected chi connectivity index (χ2v) is 5.07. The van der Waals surface area contributed by atoms with E-state index in [2.05, 4.69) is 4.98 Å². The van der Waals surface area contributed by atoms with Gasteiger partial charge in [0.15, 0.2) is 0 Å². The van der Waals surface area contributed by atoms with Crippen LogP contribution >= 0.6 is 11.3 Å². The summed E-state index contributed by atoms with van der Waals surface area (Å²) in [6, 6.07) is 2.55. The first-order valence-electron chi connectivity index (χ1n) is 5.13. The summed E-state index contributed by atoms with van der Waals surface area (Å²) in [4.78, 5) is 5.30. The average Bonchev–Trinajstić information content (AvgIpc) is 2.62. The summed E-state index contributed by atoms with van der Waals surface area (Å²) in [5.74, 6) is -1.01. The highest BCUT2D eigenvalue weighted by Crippen LogP contribution is 2.27. The van der Waals surface area contributed by atoms with Crippen LogP contribution in [-0.2, 0) is 0 Å². The average molecular weight is 254 g/mol. The lowest BCUT2D eigenvalue weighted by Crippen LogP contribution is -2.13. The molecule has 1 heterocycles. The summed E-state index contributed by atoms with van der Waals surface area (Å²) in [7, 11) is 0. The van der Waals surface area contributed by atoms with E-state index in [1.807, 2.05) is 13.8 Å². The van der Waals surface area contributed by atoms with Crippen molar-refractivity contribution in [3.05, 3.63) is 51.0 Å². The number of aromatic nitrogens is 1. The van der Waals surface area contributed by atoms with Crippen LogP contribution in [-0.4, -0.2) is 4.98 Å². The van der Waals surface area contributed by atoms with E-state index in [4.69, 9.17) is 5.73 Å². The highest BCUT2D eigenvalue weighted by atomic mass is 32.1. The maximum atomic E-state index is 13.5. The highest BCUT2D eigenvalue weighted by molar-refractivity contribution is 7.11. The van der Waals surface area contributed by atoms with E-state index in [1.165, 1.54) is 11.3 Å². The molecule has 1 unspecified atom stereocenters. The second-order valence-electron chi connectivity index (χ2n) is 3.84. The summed E-state index contributed by atoms with van der Waals surface area (Å²) in [5, 5.41) is 0.601. The third-order valence-electron chi connectivity index (χ3n) is 2.60. The predicted octanol–water partition coefficient (Wildman–Crippen LogP) is 3.09. The fourth-order valence-electron chi connectivity index (χ4n) is 1.52. The Morgan fingerprint density at radius 1 is 1.29 bits per heavy atom. The Morgan fingerprint density at radius 3 is 2.59 bits per heavy atom. The summed E-state index contributed by atoms with van der Waals surface area (Å²) < 4.78 is 26.6. The molecule has 1 atom stereocenters. The molecule has 0 saturated heterocycles. The molecule has 0 bridgehead atoms. The van der Waals surface area contributed by atoms with Crippen molar-refractivity contribution in [2.75, 3.05) is 0 Å². The Hall–Kier alpha value is -1.33. The molecule has 17 heavy (non-hydrogen) atoms. The van der Waals surface area contributed by atoms with Crippen LogP contribution in [0, 0.1) is 25.5 Å². The fourth-order valence-corrected chi connectivity index (χ4v) is 2.46. The van der Waals surface area contributed by atoms with Crippen LogP contribution < -0.4 is 5.73 Å². The number of nitrogens with zero attached hydrogens (tertiary/aromatic N) is 1. The van der Waals surface area contributed by atoms with Crippen molar-refractivity contribution in [1.29, 1.82) is 0 Å². The monoisotopic (exact) mass is 254 g/mol. The first-order chi connectivity index (χ1) is 7.99. The first-order valence-corrected chi connectivity index (χ1v) is 5.95. The number of rotatable bonds is 2. The van der Waals surface area contributed by atoms with Gasteiger partial charge < -0.3 is 5.73 Å². The molecule has 0 aliphatic heterocycles. The van der Waals surface area contributed by atoms with E-state index in [0.29, 0.717) is 5.01 Å². The van der Waals surface area contributed by atoms with E-state index in [-0.39, 0.29) is 5.56 Å². The Morgan fingerprint density at radius 2 is 2.00 bits per heavy atom.